The molecule has 0 radical (unpaired) electrons. The van der Waals surface area contributed by atoms with Gasteiger partial charge >= 0.3 is 0 Å². The molecule has 0 unspecified atom stereocenters. The third-order valence-electron chi connectivity index (χ3n) is 6.08. The normalized spacial score (nSPS) is 45.8. The van der Waals surface area contributed by atoms with E-state index in [1.807, 2.05) is 0 Å². The van der Waals surface area contributed by atoms with Crippen molar-refractivity contribution in [2.45, 2.75) is 37.8 Å². The van der Waals surface area contributed by atoms with E-state index in [2.05, 4.69) is 45.7 Å². The van der Waals surface area contributed by atoms with Gasteiger partial charge in [0.2, 0.25) is 0 Å². The standard InChI is InChI=1S/C16H19N3/c1-2-5-10(6-3-1)19-16-14-9-13(15(16)17-18-19)11-7-4-8-12(11)14/h1-3,5-6,11-16H,4,7-9H2/t11-,12-,13+,14-,15-,16+/m0/s1. The Morgan fingerprint density at radius 3 is 2.58 bits per heavy atom. The average Bonchev–Trinajstić information content (AvgIpc) is 3.17. The average molecular weight is 253 g/mol. The second kappa shape index (κ2) is 3.59. The fourth-order valence-corrected chi connectivity index (χ4v) is 5.50. The summed E-state index contributed by atoms with van der Waals surface area (Å²) < 4.78 is 0. The Hall–Kier alpha value is -1.38. The lowest BCUT2D eigenvalue weighted by Crippen LogP contribution is -2.44. The SMILES string of the molecule is c1ccc(N2N=N[C@H]3[C@@H]4C[C@@H]([C@H]5CCC[C@@H]54)[C@H]32)cc1. The van der Waals surface area contributed by atoms with Crippen molar-refractivity contribution in [3.63, 3.8) is 0 Å². The van der Waals surface area contributed by atoms with Crippen molar-refractivity contribution in [3.8, 4) is 0 Å². The number of hydrogen-bond donors (Lipinski definition) is 0. The van der Waals surface area contributed by atoms with E-state index in [1.165, 1.54) is 31.4 Å². The molecule has 4 aliphatic rings. The zero-order valence-corrected chi connectivity index (χ0v) is 11.0. The van der Waals surface area contributed by atoms with Gasteiger partial charge in [-0.2, -0.15) is 5.11 Å². The molecule has 3 fully saturated rings. The maximum absolute atomic E-state index is 4.65. The molecule has 0 N–H and O–H groups in total. The van der Waals surface area contributed by atoms with E-state index in [1.54, 1.807) is 0 Å². The van der Waals surface area contributed by atoms with Crippen LogP contribution in [-0.4, -0.2) is 12.1 Å². The summed E-state index contributed by atoms with van der Waals surface area (Å²) in [6.07, 6.45) is 5.77. The number of hydrogen-bond acceptors (Lipinski definition) is 3. The number of nitrogens with zero attached hydrogens (tertiary/aromatic N) is 3. The van der Waals surface area contributed by atoms with Crippen LogP contribution >= 0.6 is 0 Å². The lowest BCUT2D eigenvalue weighted by Gasteiger charge is -2.35. The molecule has 1 heterocycles. The lowest BCUT2D eigenvalue weighted by molar-refractivity contribution is 0.217. The van der Waals surface area contributed by atoms with Gasteiger partial charge in [-0.15, -0.1) is 0 Å². The van der Waals surface area contributed by atoms with Gasteiger partial charge in [-0.25, -0.2) is 5.01 Å². The van der Waals surface area contributed by atoms with Crippen LogP contribution in [0.3, 0.4) is 0 Å². The number of benzene rings is 1. The van der Waals surface area contributed by atoms with Gasteiger partial charge in [0.15, 0.2) is 0 Å². The summed E-state index contributed by atoms with van der Waals surface area (Å²) in [7, 11) is 0. The van der Waals surface area contributed by atoms with Gasteiger partial charge in [-0.05, 0) is 55.1 Å². The van der Waals surface area contributed by atoms with Crippen molar-refractivity contribution in [3.05, 3.63) is 30.3 Å². The quantitative estimate of drug-likeness (QED) is 0.750. The summed E-state index contributed by atoms with van der Waals surface area (Å²) in [6.45, 7) is 0. The summed E-state index contributed by atoms with van der Waals surface area (Å²) in [6, 6.07) is 11.7. The molecule has 3 nitrogen and oxygen atoms in total. The predicted molar refractivity (Wildman–Crippen MR) is 73.8 cm³/mol. The second-order valence-corrected chi connectivity index (χ2v) is 6.69. The molecule has 0 amide bonds. The van der Waals surface area contributed by atoms with Gasteiger partial charge < -0.3 is 0 Å². The summed E-state index contributed by atoms with van der Waals surface area (Å²) in [5.41, 5.74) is 1.22. The number of anilines is 1. The summed E-state index contributed by atoms with van der Waals surface area (Å²) >= 11 is 0. The highest BCUT2D eigenvalue weighted by Gasteiger charge is 2.62. The predicted octanol–water partition coefficient (Wildman–Crippen LogP) is 3.68. The minimum Gasteiger partial charge on any atom is -0.242 e. The van der Waals surface area contributed by atoms with Crippen LogP contribution < -0.4 is 5.01 Å². The Kier molecular flexibility index (Phi) is 1.97. The van der Waals surface area contributed by atoms with Crippen molar-refractivity contribution in [2.24, 2.45) is 34.0 Å². The van der Waals surface area contributed by atoms with Gasteiger partial charge in [-0.3, -0.25) is 0 Å². The van der Waals surface area contributed by atoms with Gasteiger partial charge in [-0.1, -0.05) is 29.8 Å². The minimum atomic E-state index is 0.490. The Bertz CT molecular complexity index is 526. The van der Waals surface area contributed by atoms with Crippen LogP contribution in [0, 0.1) is 23.7 Å². The van der Waals surface area contributed by atoms with E-state index < -0.39 is 0 Å². The zero-order chi connectivity index (χ0) is 12.4. The molecule has 0 spiro atoms. The summed E-state index contributed by atoms with van der Waals surface area (Å²) in [5.74, 6) is 3.62. The molecule has 2 bridgehead atoms. The highest BCUT2D eigenvalue weighted by atomic mass is 15.6. The lowest BCUT2D eigenvalue weighted by atomic mass is 9.76. The molecule has 5 rings (SSSR count). The van der Waals surface area contributed by atoms with Crippen LogP contribution in [0.15, 0.2) is 40.7 Å². The van der Waals surface area contributed by atoms with E-state index in [0.29, 0.717) is 12.1 Å². The maximum Gasteiger partial charge on any atom is 0.0987 e. The van der Waals surface area contributed by atoms with Crippen molar-refractivity contribution < 1.29 is 0 Å². The van der Waals surface area contributed by atoms with Crippen LogP contribution in [-0.2, 0) is 0 Å². The van der Waals surface area contributed by atoms with Gasteiger partial charge in [0, 0.05) is 0 Å². The topological polar surface area (TPSA) is 28.0 Å². The Morgan fingerprint density at radius 2 is 1.74 bits per heavy atom. The first-order valence-corrected chi connectivity index (χ1v) is 7.68. The van der Waals surface area contributed by atoms with Crippen molar-refractivity contribution in [2.75, 3.05) is 5.01 Å². The largest absolute Gasteiger partial charge is 0.242 e. The van der Waals surface area contributed by atoms with Crippen molar-refractivity contribution in [1.82, 2.24) is 0 Å². The van der Waals surface area contributed by atoms with Crippen LogP contribution in [0.4, 0.5) is 5.69 Å². The van der Waals surface area contributed by atoms with E-state index in [4.69, 9.17) is 0 Å². The number of para-hydroxylation sites is 1. The third kappa shape index (κ3) is 1.24. The highest BCUT2D eigenvalue weighted by molar-refractivity contribution is 5.48. The van der Waals surface area contributed by atoms with Gasteiger partial charge in [0.1, 0.15) is 0 Å². The molecular formula is C16H19N3. The zero-order valence-electron chi connectivity index (χ0n) is 11.0. The molecule has 3 saturated carbocycles. The van der Waals surface area contributed by atoms with Crippen molar-refractivity contribution >= 4 is 5.69 Å². The van der Waals surface area contributed by atoms with Crippen LogP contribution in [0.1, 0.15) is 25.7 Å². The summed E-state index contributed by atoms with van der Waals surface area (Å²) in [5, 5.41) is 11.4. The molecule has 0 aromatic heterocycles. The molecule has 1 aromatic rings. The van der Waals surface area contributed by atoms with Gasteiger partial charge in [0.05, 0.1) is 17.8 Å². The van der Waals surface area contributed by atoms with E-state index in [9.17, 15) is 0 Å². The molecule has 6 atom stereocenters. The number of rotatable bonds is 1. The molecular weight excluding hydrogens is 234 g/mol. The first-order valence-electron chi connectivity index (χ1n) is 7.68. The Balaban J connectivity index is 1.52. The van der Waals surface area contributed by atoms with Crippen molar-refractivity contribution in [1.29, 1.82) is 0 Å². The van der Waals surface area contributed by atoms with E-state index in [-0.39, 0.29) is 0 Å². The van der Waals surface area contributed by atoms with Crippen LogP contribution in [0.2, 0.25) is 0 Å². The van der Waals surface area contributed by atoms with Crippen LogP contribution in [0.5, 0.6) is 0 Å². The molecule has 3 heteroatoms. The van der Waals surface area contributed by atoms with Crippen LogP contribution in [0.25, 0.3) is 0 Å². The fourth-order valence-electron chi connectivity index (χ4n) is 5.50. The van der Waals surface area contributed by atoms with Gasteiger partial charge in [0.25, 0.3) is 0 Å². The minimum absolute atomic E-state index is 0.490. The first kappa shape index (κ1) is 10.4. The first-order chi connectivity index (χ1) is 9.43. The van der Waals surface area contributed by atoms with E-state index >= 15 is 0 Å². The maximum atomic E-state index is 4.65. The molecule has 98 valence electrons. The summed E-state index contributed by atoms with van der Waals surface area (Å²) in [4.78, 5) is 0. The molecule has 19 heavy (non-hydrogen) atoms. The number of fused-ring (bicyclic) bond motifs is 8. The molecule has 3 aliphatic carbocycles. The smallest absolute Gasteiger partial charge is 0.0987 e. The highest BCUT2D eigenvalue weighted by Crippen LogP contribution is 2.62. The molecule has 1 aliphatic heterocycles. The monoisotopic (exact) mass is 253 g/mol. The third-order valence-corrected chi connectivity index (χ3v) is 6.08. The second-order valence-electron chi connectivity index (χ2n) is 6.69. The Labute approximate surface area is 113 Å². The molecule has 0 saturated heterocycles. The molecule has 1 aromatic carbocycles. The Morgan fingerprint density at radius 1 is 0.947 bits per heavy atom. The fraction of sp³-hybridized carbons (Fsp3) is 0.625. The van der Waals surface area contributed by atoms with E-state index in [0.717, 1.165) is 23.7 Å².